The molecular weight excluding hydrogens is 535 g/mol. The zero-order valence-electron chi connectivity index (χ0n) is 21.7. The summed E-state index contributed by atoms with van der Waals surface area (Å²) in [5, 5.41) is 10.8. The predicted molar refractivity (Wildman–Crippen MR) is 151 cm³/mol. The fourth-order valence-electron chi connectivity index (χ4n) is 4.29. The number of nitriles is 1. The van der Waals surface area contributed by atoms with Crippen LogP contribution in [0.15, 0.2) is 83.4 Å². The molecule has 198 valence electrons. The van der Waals surface area contributed by atoms with Gasteiger partial charge in [-0.1, -0.05) is 65.7 Å². The number of nitrogens with zero attached hydrogens (tertiary/aromatic N) is 2. The van der Waals surface area contributed by atoms with Gasteiger partial charge in [-0.2, -0.15) is 5.26 Å². The van der Waals surface area contributed by atoms with Crippen LogP contribution in [-0.2, 0) is 16.2 Å². The van der Waals surface area contributed by atoms with Gasteiger partial charge in [-0.05, 0) is 67.8 Å². The first-order valence-corrected chi connectivity index (χ1v) is 13.1. The van der Waals surface area contributed by atoms with E-state index in [0.29, 0.717) is 39.3 Å². The molecule has 0 radical (unpaired) electrons. The third-order valence-corrected chi connectivity index (χ3v) is 7.01. The molecule has 0 saturated heterocycles. The molecule has 0 saturated carbocycles. The fourth-order valence-corrected chi connectivity index (χ4v) is 4.76. The van der Waals surface area contributed by atoms with Crippen molar-refractivity contribution in [2.75, 3.05) is 6.61 Å². The Morgan fingerprint density at radius 3 is 2.38 bits per heavy atom. The second-order valence-corrected chi connectivity index (χ2v) is 9.74. The average Bonchev–Trinajstić information content (AvgIpc) is 2.92. The van der Waals surface area contributed by atoms with Gasteiger partial charge in [0, 0.05) is 21.2 Å². The normalized spacial score (nSPS) is 15.4. The first-order chi connectivity index (χ1) is 18.7. The van der Waals surface area contributed by atoms with Crippen LogP contribution in [0.2, 0.25) is 10.0 Å². The van der Waals surface area contributed by atoms with Crippen molar-refractivity contribution in [2.45, 2.75) is 33.4 Å². The SMILES string of the molecule is CCOc1cc(/C=C2/C(=O)N(C(C)c3ccccc3)C(=O)C(C#N)=C2C)ccc1OCc1ccc(Cl)cc1Cl. The number of halogens is 2. The van der Waals surface area contributed by atoms with Crippen LogP contribution in [-0.4, -0.2) is 23.3 Å². The molecule has 1 unspecified atom stereocenters. The van der Waals surface area contributed by atoms with Gasteiger partial charge >= 0.3 is 0 Å². The van der Waals surface area contributed by atoms with E-state index >= 15 is 0 Å². The van der Waals surface area contributed by atoms with E-state index in [1.807, 2.05) is 43.3 Å². The minimum atomic E-state index is -0.604. The molecule has 1 aliphatic heterocycles. The topological polar surface area (TPSA) is 79.6 Å². The van der Waals surface area contributed by atoms with E-state index in [0.717, 1.165) is 16.0 Å². The molecule has 1 atom stereocenters. The lowest BCUT2D eigenvalue weighted by atomic mass is 9.91. The van der Waals surface area contributed by atoms with Crippen molar-refractivity contribution in [1.82, 2.24) is 4.90 Å². The molecule has 4 rings (SSSR count). The molecule has 39 heavy (non-hydrogen) atoms. The van der Waals surface area contributed by atoms with Gasteiger partial charge in [-0.25, -0.2) is 0 Å². The summed E-state index contributed by atoms with van der Waals surface area (Å²) < 4.78 is 11.8. The number of carbonyl (C=O) groups excluding carboxylic acids is 2. The van der Waals surface area contributed by atoms with Crippen LogP contribution in [0.25, 0.3) is 6.08 Å². The maximum atomic E-state index is 13.6. The van der Waals surface area contributed by atoms with Crippen LogP contribution in [0.4, 0.5) is 0 Å². The lowest BCUT2D eigenvalue weighted by Crippen LogP contribution is -2.44. The highest BCUT2D eigenvalue weighted by Crippen LogP contribution is 2.35. The van der Waals surface area contributed by atoms with Gasteiger partial charge in [-0.15, -0.1) is 0 Å². The van der Waals surface area contributed by atoms with Crippen LogP contribution in [0.5, 0.6) is 11.5 Å². The largest absolute Gasteiger partial charge is 0.490 e. The quantitative estimate of drug-likeness (QED) is 0.213. The molecule has 8 heteroatoms. The smallest absolute Gasteiger partial charge is 0.272 e. The molecule has 0 fully saturated rings. The molecule has 0 spiro atoms. The molecule has 0 aromatic heterocycles. The van der Waals surface area contributed by atoms with Crippen LogP contribution in [0, 0.1) is 11.3 Å². The Kier molecular flexibility index (Phi) is 8.75. The van der Waals surface area contributed by atoms with E-state index in [2.05, 4.69) is 0 Å². The molecule has 3 aromatic rings. The number of ether oxygens (including phenoxy) is 2. The van der Waals surface area contributed by atoms with Gasteiger partial charge in [0.05, 0.1) is 12.6 Å². The first kappa shape index (κ1) is 28.0. The Balaban J connectivity index is 1.68. The molecule has 3 aromatic carbocycles. The average molecular weight is 561 g/mol. The van der Waals surface area contributed by atoms with E-state index in [4.69, 9.17) is 32.7 Å². The lowest BCUT2D eigenvalue weighted by Gasteiger charge is -2.32. The van der Waals surface area contributed by atoms with Crippen molar-refractivity contribution < 1.29 is 19.1 Å². The van der Waals surface area contributed by atoms with E-state index < -0.39 is 17.9 Å². The zero-order valence-corrected chi connectivity index (χ0v) is 23.2. The highest BCUT2D eigenvalue weighted by Gasteiger charge is 2.38. The van der Waals surface area contributed by atoms with Crippen LogP contribution in [0.3, 0.4) is 0 Å². The summed E-state index contributed by atoms with van der Waals surface area (Å²) in [6, 6.07) is 21.1. The second kappa shape index (κ2) is 12.2. The summed E-state index contributed by atoms with van der Waals surface area (Å²) >= 11 is 12.3. The van der Waals surface area contributed by atoms with Crippen LogP contribution < -0.4 is 9.47 Å². The van der Waals surface area contributed by atoms with Gasteiger partial charge in [-0.3, -0.25) is 14.5 Å². The highest BCUT2D eigenvalue weighted by atomic mass is 35.5. The molecule has 1 aliphatic rings. The number of hydrogen-bond donors (Lipinski definition) is 0. The summed E-state index contributed by atoms with van der Waals surface area (Å²) in [6.07, 6.45) is 1.66. The lowest BCUT2D eigenvalue weighted by molar-refractivity contribution is -0.143. The minimum absolute atomic E-state index is 0.0616. The monoisotopic (exact) mass is 560 g/mol. The van der Waals surface area contributed by atoms with Crippen LogP contribution in [0.1, 0.15) is 43.5 Å². The minimum Gasteiger partial charge on any atom is -0.490 e. The molecule has 6 nitrogen and oxygen atoms in total. The van der Waals surface area contributed by atoms with Crippen molar-refractivity contribution in [2.24, 2.45) is 0 Å². The van der Waals surface area contributed by atoms with Crippen molar-refractivity contribution in [3.8, 4) is 17.6 Å². The Labute approximate surface area is 237 Å². The van der Waals surface area contributed by atoms with Gasteiger partial charge in [0.15, 0.2) is 11.5 Å². The van der Waals surface area contributed by atoms with E-state index in [9.17, 15) is 14.9 Å². The summed E-state index contributed by atoms with van der Waals surface area (Å²) in [5.41, 5.74) is 2.74. The summed E-state index contributed by atoms with van der Waals surface area (Å²) in [5.74, 6) is -0.0935. The number of imide groups is 1. The molecule has 0 aliphatic carbocycles. The Hall–Kier alpha value is -4.05. The van der Waals surface area contributed by atoms with Crippen molar-refractivity contribution in [1.29, 1.82) is 5.26 Å². The number of rotatable bonds is 8. The predicted octanol–water partition coefficient (Wildman–Crippen LogP) is 7.32. The zero-order chi connectivity index (χ0) is 28.1. The number of amides is 2. The third kappa shape index (κ3) is 6.01. The number of carbonyl (C=O) groups is 2. The van der Waals surface area contributed by atoms with E-state index in [1.165, 1.54) is 0 Å². The second-order valence-electron chi connectivity index (χ2n) is 8.90. The number of benzene rings is 3. The molecule has 1 heterocycles. The van der Waals surface area contributed by atoms with Crippen molar-refractivity contribution in [3.05, 3.63) is 110 Å². The standard InChI is InChI=1S/C31H26Cl2N2O4/c1-4-38-29-15-21(10-13-28(29)39-18-23-11-12-24(32)16-27(23)33)14-25-19(2)26(17-34)31(37)35(30(25)36)20(3)22-8-6-5-7-9-22/h5-16,20H,4,18H2,1-3H3/b25-14+. The summed E-state index contributed by atoms with van der Waals surface area (Å²) in [7, 11) is 0. The molecule has 2 amide bonds. The Morgan fingerprint density at radius 1 is 0.974 bits per heavy atom. The summed E-state index contributed by atoms with van der Waals surface area (Å²) in [6.45, 7) is 5.84. The van der Waals surface area contributed by atoms with Crippen molar-refractivity contribution >= 4 is 41.1 Å². The van der Waals surface area contributed by atoms with Crippen molar-refractivity contribution in [3.63, 3.8) is 0 Å². The van der Waals surface area contributed by atoms with Gasteiger partial charge < -0.3 is 9.47 Å². The van der Waals surface area contributed by atoms with Gasteiger partial charge in [0.2, 0.25) is 0 Å². The molecular formula is C31H26Cl2N2O4. The fraction of sp³-hybridized carbons (Fsp3) is 0.194. The summed E-state index contributed by atoms with van der Waals surface area (Å²) in [4.78, 5) is 27.9. The number of hydrogen-bond acceptors (Lipinski definition) is 5. The van der Waals surface area contributed by atoms with E-state index in [1.54, 1.807) is 56.3 Å². The first-order valence-electron chi connectivity index (χ1n) is 12.3. The third-order valence-electron chi connectivity index (χ3n) is 6.42. The van der Waals surface area contributed by atoms with Crippen LogP contribution >= 0.6 is 23.2 Å². The Morgan fingerprint density at radius 2 is 1.72 bits per heavy atom. The molecule has 0 bridgehead atoms. The molecule has 0 N–H and O–H groups in total. The maximum absolute atomic E-state index is 13.6. The Bertz CT molecular complexity index is 1520. The van der Waals surface area contributed by atoms with Gasteiger partial charge in [0.25, 0.3) is 11.8 Å². The van der Waals surface area contributed by atoms with Gasteiger partial charge in [0.1, 0.15) is 18.2 Å². The van der Waals surface area contributed by atoms with E-state index in [-0.39, 0.29) is 17.8 Å². The maximum Gasteiger partial charge on any atom is 0.272 e. The highest BCUT2D eigenvalue weighted by molar-refractivity contribution is 6.35.